The molecule has 3 atom stereocenters. The lowest BCUT2D eigenvalue weighted by atomic mass is 9.62. The summed E-state index contributed by atoms with van der Waals surface area (Å²) in [4.78, 5) is 0. The first kappa shape index (κ1) is 21.4. The van der Waals surface area contributed by atoms with E-state index in [1.807, 2.05) is 5.57 Å². The zero-order valence-corrected chi connectivity index (χ0v) is 19.2. The highest BCUT2D eigenvalue weighted by Gasteiger charge is 2.37. The van der Waals surface area contributed by atoms with Crippen molar-refractivity contribution in [3.05, 3.63) is 11.6 Å². The number of rotatable bonds is 6. The molecule has 3 aliphatic carbocycles. The van der Waals surface area contributed by atoms with Crippen molar-refractivity contribution in [2.24, 2.45) is 47.3 Å². The zero-order valence-electron chi connectivity index (χ0n) is 19.2. The van der Waals surface area contributed by atoms with Crippen molar-refractivity contribution in [3.63, 3.8) is 0 Å². The van der Waals surface area contributed by atoms with Gasteiger partial charge < -0.3 is 0 Å². The van der Waals surface area contributed by atoms with E-state index in [1.54, 1.807) is 0 Å². The molecule has 0 saturated heterocycles. The molecule has 2 fully saturated rings. The maximum Gasteiger partial charge on any atom is -0.0172 e. The molecule has 2 saturated carbocycles. The van der Waals surface area contributed by atoms with E-state index in [9.17, 15) is 0 Å². The van der Waals surface area contributed by atoms with E-state index in [0.717, 1.165) is 47.3 Å². The summed E-state index contributed by atoms with van der Waals surface area (Å²) in [6, 6.07) is 0. The molecule has 3 rings (SSSR count). The SMILES string of the molecule is CC(C)CCC(C1=CC(C)CCC1C1CCC(C)CC1)C1CCC(C)CC1. The molecule has 0 radical (unpaired) electrons. The predicted molar refractivity (Wildman–Crippen MR) is 120 cm³/mol. The van der Waals surface area contributed by atoms with Crippen molar-refractivity contribution in [1.29, 1.82) is 0 Å². The fraction of sp³-hybridized carbons (Fsp3) is 0.926. The highest BCUT2D eigenvalue weighted by atomic mass is 14.4. The Morgan fingerprint density at radius 2 is 1.33 bits per heavy atom. The van der Waals surface area contributed by atoms with Gasteiger partial charge in [-0.2, -0.15) is 0 Å². The second-order valence-electron chi connectivity index (χ2n) is 11.4. The maximum absolute atomic E-state index is 2.80. The van der Waals surface area contributed by atoms with Gasteiger partial charge in [-0.05, 0) is 92.3 Å². The van der Waals surface area contributed by atoms with Crippen molar-refractivity contribution in [2.75, 3.05) is 0 Å². The smallest absolute Gasteiger partial charge is 0.0172 e. The summed E-state index contributed by atoms with van der Waals surface area (Å²) < 4.78 is 0. The Labute approximate surface area is 171 Å². The van der Waals surface area contributed by atoms with Crippen molar-refractivity contribution < 1.29 is 0 Å². The molecule has 0 heteroatoms. The van der Waals surface area contributed by atoms with E-state index >= 15 is 0 Å². The van der Waals surface area contributed by atoms with Crippen molar-refractivity contribution in [3.8, 4) is 0 Å². The van der Waals surface area contributed by atoms with Gasteiger partial charge >= 0.3 is 0 Å². The van der Waals surface area contributed by atoms with Gasteiger partial charge in [0, 0.05) is 0 Å². The van der Waals surface area contributed by atoms with E-state index in [1.165, 1.54) is 77.0 Å². The molecule has 156 valence electrons. The van der Waals surface area contributed by atoms with Gasteiger partial charge in [0.15, 0.2) is 0 Å². The third-order valence-corrected chi connectivity index (χ3v) is 8.58. The van der Waals surface area contributed by atoms with Crippen LogP contribution in [0.4, 0.5) is 0 Å². The molecule has 0 aromatic rings. The van der Waals surface area contributed by atoms with Crippen LogP contribution in [0.3, 0.4) is 0 Å². The van der Waals surface area contributed by atoms with Crippen LogP contribution in [-0.4, -0.2) is 0 Å². The molecule has 0 aromatic carbocycles. The van der Waals surface area contributed by atoms with Gasteiger partial charge in [0.2, 0.25) is 0 Å². The molecule has 27 heavy (non-hydrogen) atoms. The van der Waals surface area contributed by atoms with Crippen LogP contribution in [0.5, 0.6) is 0 Å². The summed E-state index contributed by atoms with van der Waals surface area (Å²) in [5, 5.41) is 0. The standard InChI is InChI=1S/C27H48/c1-19(2)6-16-25(23-12-7-20(3)8-13-23)27-18-22(5)11-17-26(27)24-14-9-21(4)10-15-24/h18-26H,6-17H2,1-5H3. The average Bonchev–Trinajstić information content (AvgIpc) is 2.64. The summed E-state index contributed by atoms with van der Waals surface area (Å²) in [5.41, 5.74) is 1.97. The Bertz CT molecular complexity index is 456. The Morgan fingerprint density at radius 3 is 1.93 bits per heavy atom. The summed E-state index contributed by atoms with van der Waals surface area (Å²) in [7, 11) is 0. The molecule has 0 bridgehead atoms. The van der Waals surface area contributed by atoms with Gasteiger partial charge in [-0.15, -0.1) is 0 Å². The average molecular weight is 373 g/mol. The minimum absolute atomic E-state index is 0.822. The summed E-state index contributed by atoms with van der Waals surface area (Å²) in [5.74, 6) is 7.46. The normalized spacial score (nSPS) is 39.3. The monoisotopic (exact) mass is 372 g/mol. The molecular formula is C27H48. The molecule has 0 amide bonds. The number of allylic oxidation sites excluding steroid dienone is 2. The Hall–Kier alpha value is -0.260. The van der Waals surface area contributed by atoms with E-state index in [4.69, 9.17) is 0 Å². The first-order valence-corrected chi connectivity index (χ1v) is 12.7. The van der Waals surface area contributed by atoms with Gasteiger partial charge in [0.1, 0.15) is 0 Å². The second-order valence-corrected chi connectivity index (χ2v) is 11.4. The summed E-state index contributed by atoms with van der Waals surface area (Å²) >= 11 is 0. The highest BCUT2D eigenvalue weighted by molar-refractivity contribution is 5.18. The molecule has 0 nitrogen and oxygen atoms in total. The van der Waals surface area contributed by atoms with Gasteiger partial charge in [-0.1, -0.05) is 78.4 Å². The van der Waals surface area contributed by atoms with Crippen LogP contribution in [-0.2, 0) is 0 Å². The lowest BCUT2D eigenvalue weighted by Gasteiger charge is -2.43. The molecule has 3 aliphatic rings. The van der Waals surface area contributed by atoms with E-state index in [-0.39, 0.29) is 0 Å². The van der Waals surface area contributed by atoms with Crippen LogP contribution < -0.4 is 0 Å². The van der Waals surface area contributed by atoms with Crippen molar-refractivity contribution in [2.45, 2.75) is 112 Å². The third kappa shape index (κ3) is 5.86. The maximum atomic E-state index is 2.80. The lowest BCUT2D eigenvalue weighted by Crippen LogP contribution is -2.32. The third-order valence-electron chi connectivity index (χ3n) is 8.58. The van der Waals surface area contributed by atoms with Gasteiger partial charge in [0.05, 0.1) is 0 Å². The molecular weight excluding hydrogens is 324 g/mol. The first-order chi connectivity index (χ1) is 12.9. The Balaban J connectivity index is 1.79. The van der Waals surface area contributed by atoms with E-state index in [0.29, 0.717) is 0 Å². The fourth-order valence-corrected chi connectivity index (χ4v) is 6.61. The second kappa shape index (κ2) is 9.98. The van der Waals surface area contributed by atoms with Crippen LogP contribution >= 0.6 is 0 Å². The summed E-state index contributed by atoms with van der Waals surface area (Å²) in [6.07, 6.45) is 20.6. The van der Waals surface area contributed by atoms with Crippen LogP contribution in [0, 0.1) is 47.3 Å². The molecule has 3 unspecified atom stereocenters. The van der Waals surface area contributed by atoms with Gasteiger partial charge in [0.25, 0.3) is 0 Å². The zero-order chi connectivity index (χ0) is 19.4. The van der Waals surface area contributed by atoms with Crippen molar-refractivity contribution >= 4 is 0 Å². The predicted octanol–water partition coefficient (Wildman–Crippen LogP) is 8.66. The first-order valence-electron chi connectivity index (χ1n) is 12.7. The number of hydrogen-bond donors (Lipinski definition) is 0. The molecule has 0 heterocycles. The highest BCUT2D eigenvalue weighted by Crippen LogP contribution is 2.49. The van der Waals surface area contributed by atoms with Crippen LogP contribution in [0.1, 0.15) is 112 Å². The quantitative estimate of drug-likeness (QED) is 0.409. The molecule has 0 spiro atoms. The Morgan fingerprint density at radius 1 is 0.741 bits per heavy atom. The van der Waals surface area contributed by atoms with Gasteiger partial charge in [-0.3, -0.25) is 0 Å². The van der Waals surface area contributed by atoms with E-state index in [2.05, 4.69) is 40.7 Å². The molecule has 0 aliphatic heterocycles. The minimum atomic E-state index is 0.822. The van der Waals surface area contributed by atoms with E-state index < -0.39 is 0 Å². The number of hydrogen-bond acceptors (Lipinski definition) is 0. The largest absolute Gasteiger partial charge is 0.0819 e. The van der Waals surface area contributed by atoms with Crippen LogP contribution in [0.2, 0.25) is 0 Å². The van der Waals surface area contributed by atoms with Gasteiger partial charge in [-0.25, -0.2) is 0 Å². The minimum Gasteiger partial charge on any atom is -0.0819 e. The fourth-order valence-electron chi connectivity index (χ4n) is 6.61. The molecule has 0 aromatic heterocycles. The van der Waals surface area contributed by atoms with Crippen molar-refractivity contribution in [1.82, 2.24) is 0 Å². The topological polar surface area (TPSA) is 0 Å². The summed E-state index contributed by atoms with van der Waals surface area (Å²) in [6.45, 7) is 12.3. The molecule has 0 N–H and O–H groups in total. The Kier molecular flexibility index (Phi) is 7.92. The van der Waals surface area contributed by atoms with Crippen LogP contribution in [0.15, 0.2) is 11.6 Å². The lowest BCUT2D eigenvalue weighted by molar-refractivity contribution is 0.165. The van der Waals surface area contributed by atoms with Crippen LogP contribution in [0.25, 0.3) is 0 Å².